The van der Waals surface area contributed by atoms with Crippen LogP contribution in [-0.4, -0.2) is 25.8 Å². The van der Waals surface area contributed by atoms with Gasteiger partial charge < -0.3 is 4.74 Å². The summed E-state index contributed by atoms with van der Waals surface area (Å²) in [6.07, 6.45) is -4.49. The molecule has 0 aromatic heterocycles. The van der Waals surface area contributed by atoms with Gasteiger partial charge in [-0.05, 0) is 23.8 Å². The Morgan fingerprint density at radius 2 is 2.11 bits per heavy atom. The van der Waals surface area contributed by atoms with E-state index in [2.05, 4.69) is 20.7 Å². The number of methoxy groups -OCH3 is 1. The van der Waals surface area contributed by atoms with Gasteiger partial charge in [-0.3, -0.25) is 5.32 Å². The number of esters is 1. The van der Waals surface area contributed by atoms with Crippen LogP contribution in [0.2, 0.25) is 0 Å². The Hall–Kier alpha value is -1.15. The molecular formula is C11H10BrF4NO2. The number of alkyl halides is 3. The molecule has 0 radical (unpaired) electrons. The number of carbonyl (C=O) groups is 1. The molecule has 0 saturated carbocycles. The van der Waals surface area contributed by atoms with E-state index in [1.807, 2.05) is 5.32 Å². The maximum absolute atomic E-state index is 13.1. The highest BCUT2D eigenvalue weighted by atomic mass is 79.9. The lowest BCUT2D eigenvalue weighted by atomic mass is 10.1. The molecule has 3 nitrogen and oxygen atoms in total. The molecule has 0 aliphatic rings. The Morgan fingerprint density at radius 3 is 2.63 bits per heavy atom. The van der Waals surface area contributed by atoms with E-state index in [4.69, 9.17) is 0 Å². The van der Waals surface area contributed by atoms with Crippen molar-refractivity contribution < 1.29 is 27.1 Å². The maximum Gasteiger partial charge on any atom is 0.401 e. The third-order valence-corrected chi connectivity index (χ3v) is 2.93. The Bertz CT molecular complexity index is 464. The summed E-state index contributed by atoms with van der Waals surface area (Å²) in [5.41, 5.74) is 0.0381. The van der Waals surface area contributed by atoms with E-state index in [0.29, 0.717) is 4.47 Å². The first kappa shape index (κ1) is 15.9. The highest BCUT2D eigenvalue weighted by Crippen LogP contribution is 2.26. The van der Waals surface area contributed by atoms with E-state index in [1.165, 1.54) is 6.07 Å². The van der Waals surface area contributed by atoms with E-state index in [0.717, 1.165) is 19.2 Å². The Morgan fingerprint density at radius 1 is 1.47 bits per heavy atom. The zero-order valence-corrected chi connectivity index (χ0v) is 11.3. The number of nitrogens with one attached hydrogen (secondary N) is 1. The quantitative estimate of drug-likeness (QED) is 0.674. The van der Waals surface area contributed by atoms with Gasteiger partial charge in [-0.25, -0.2) is 9.18 Å². The summed E-state index contributed by atoms with van der Waals surface area (Å²) >= 11 is 3.05. The molecule has 1 atom stereocenters. The van der Waals surface area contributed by atoms with Crippen LogP contribution in [0.5, 0.6) is 0 Å². The lowest BCUT2D eigenvalue weighted by Gasteiger charge is -2.19. The standard InChI is InChI=1S/C11H10BrF4NO2/c1-19-10(18)9(17-5-11(14,15)16)7-4-6(13)2-3-8(7)12/h2-4,9,17H,5H2,1H3. The monoisotopic (exact) mass is 343 g/mol. The van der Waals surface area contributed by atoms with Crippen molar-refractivity contribution in [1.82, 2.24) is 5.32 Å². The second-order valence-corrected chi connectivity index (χ2v) is 4.47. The average Bonchev–Trinajstić information content (AvgIpc) is 2.31. The minimum absolute atomic E-state index is 0.0381. The number of hydrogen-bond donors (Lipinski definition) is 1. The topological polar surface area (TPSA) is 38.3 Å². The molecule has 0 aliphatic carbocycles. The second kappa shape index (κ2) is 6.33. The molecule has 0 bridgehead atoms. The predicted octanol–water partition coefficient (Wildman–Crippen LogP) is 2.95. The summed E-state index contributed by atoms with van der Waals surface area (Å²) in [4.78, 5) is 11.5. The van der Waals surface area contributed by atoms with Crippen LogP contribution in [0.1, 0.15) is 11.6 Å². The van der Waals surface area contributed by atoms with Crippen molar-refractivity contribution >= 4 is 21.9 Å². The summed E-state index contributed by atoms with van der Waals surface area (Å²) in [7, 11) is 1.04. The third kappa shape index (κ3) is 4.79. The van der Waals surface area contributed by atoms with Crippen LogP contribution in [0.3, 0.4) is 0 Å². The van der Waals surface area contributed by atoms with Gasteiger partial charge in [0.25, 0.3) is 0 Å². The van der Waals surface area contributed by atoms with Gasteiger partial charge in [0.2, 0.25) is 0 Å². The Balaban J connectivity index is 3.03. The van der Waals surface area contributed by atoms with Gasteiger partial charge in [-0.2, -0.15) is 13.2 Å². The number of halogens is 5. The van der Waals surface area contributed by atoms with Gasteiger partial charge in [0.1, 0.15) is 11.9 Å². The minimum atomic E-state index is -4.49. The molecule has 0 spiro atoms. The number of hydrogen-bond acceptors (Lipinski definition) is 3. The third-order valence-electron chi connectivity index (χ3n) is 2.21. The molecule has 1 aromatic rings. The van der Waals surface area contributed by atoms with Gasteiger partial charge in [-0.1, -0.05) is 15.9 Å². The predicted molar refractivity (Wildman–Crippen MR) is 62.9 cm³/mol. The van der Waals surface area contributed by atoms with Crippen molar-refractivity contribution in [2.75, 3.05) is 13.7 Å². The number of ether oxygens (including phenoxy) is 1. The summed E-state index contributed by atoms with van der Waals surface area (Å²) in [5.74, 6) is -1.60. The highest BCUT2D eigenvalue weighted by molar-refractivity contribution is 9.10. The van der Waals surface area contributed by atoms with Crippen LogP contribution >= 0.6 is 15.9 Å². The van der Waals surface area contributed by atoms with Crippen LogP contribution in [0, 0.1) is 5.82 Å². The average molecular weight is 344 g/mol. The normalized spacial score (nSPS) is 13.2. The van der Waals surface area contributed by atoms with Crippen molar-refractivity contribution in [2.24, 2.45) is 0 Å². The molecule has 19 heavy (non-hydrogen) atoms. The van der Waals surface area contributed by atoms with Crippen LogP contribution in [-0.2, 0) is 9.53 Å². The molecule has 1 rings (SSSR count). The molecule has 1 unspecified atom stereocenters. The Kier molecular flexibility index (Phi) is 5.30. The first-order valence-corrected chi connectivity index (χ1v) is 5.87. The number of benzene rings is 1. The first-order chi connectivity index (χ1) is 8.74. The van der Waals surface area contributed by atoms with Crippen molar-refractivity contribution in [3.05, 3.63) is 34.1 Å². The van der Waals surface area contributed by atoms with Crippen LogP contribution in [0.4, 0.5) is 17.6 Å². The van der Waals surface area contributed by atoms with Crippen LogP contribution < -0.4 is 5.32 Å². The molecular weight excluding hydrogens is 334 g/mol. The van der Waals surface area contributed by atoms with Gasteiger partial charge in [0.15, 0.2) is 0 Å². The lowest BCUT2D eigenvalue weighted by Crippen LogP contribution is -2.36. The fraction of sp³-hybridized carbons (Fsp3) is 0.364. The zero-order valence-electron chi connectivity index (χ0n) is 9.72. The SMILES string of the molecule is COC(=O)C(NCC(F)(F)F)c1cc(F)ccc1Br. The summed E-state index contributed by atoms with van der Waals surface area (Å²) in [6.45, 7) is -1.39. The van der Waals surface area contributed by atoms with E-state index in [9.17, 15) is 22.4 Å². The van der Waals surface area contributed by atoms with E-state index in [-0.39, 0.29) is 5.56 Å². The molecule has 8 heteroatoms. The van der Waals surface area contributed by atoms with Crippen LogP contribution in [0.15, 0.2) is 22.7 Å². The van der Waals surface area contributed by atoms with E-state index < -0.39 is 30.5 Å². The van der Waals surface area contributed by atoms with Gasteiger partial charge >= 0.3 is 12.1 Å². The van der Waals surface area contributed by atoms with E-state index in [1.54, 1.807) is 0 Å². The van der Waals surface area contributed by atoms with Crippen molar-refractivity contribution in [3.8, 4) is 0 Å². The summed E-state index contributed by atoms with van der Waals surface area (Å²) < 4.78 is 54.4. The molecule has 1 N–H and O–H groups in total. The molecule has 0 heterocycles. The molecule has 0 fully saturated rings. The van der Waals surface area contributed by atoms with Crippen LogP contribution in [0.25, 0.3) is 0 Å². The van der Waals surface area contributed by atoms with Crippen molar-refractivity contribution in [2.45, 2.75) is 12.2 Å². The molecule has 106 valence electrons. The Labute approximate surface area is 115 Å². The number of carbonyl (C=O) groups excluding carboxylic acids is 1. The molecule has 0 amide bonds. The van der Waals surface area contributed by atoms with Crippen molar-refractivity contribution in [3.63, 3.8) is 0 Å². The summed E-state index contributed by atoms with van der Waals surface area (Å²) in [5, 5.41) is 2.00. The maximum atomic E-state index is 13.1. The first-order valence-electron chi connectivity index (χ1n) is 5.07. The summed E-state index contributed by atoms with van der Waals surface area (Å²) in [6, 6.07) is 1.98. The number of rotatable bonds is 4. The van der Waals surface area contributed by atoms with Gasteiger partial charge in [0, 0.05) is 4.47 Å². The smallest absolute Gasteiger partial charge is 0.401 e. The molecule has 1 aromatic carbocycles. The fourth-order valence-electron chi connectivity index (χ4n) is 1.39. The minimum Gasteiger partial charge on any atom is -0.468 e. The highest BCUT2D eigenvalue weighted by Gasteiger charge is 2.32. The van der Waals surface area contributed by atoms with Crippen molar-refractivity contribution in [1.29, 1.82) is 0 Å². The van der Waals surface area contributed by atoms with E-state index >= 15 is 0 Å². The second-order valence-electron chi connectivity index (χ2n) is 3.62. The molecule has 0 aliphatic heterocycles. The zero-order chi connectivity index (χ0) is 14.6. The fourth-order valence-corrected chi connectivity index (χ4v) is 1.87. The lowest BCUT2D eigenvalue weighted by molar-refractivity contribution is -0.146. The largest absolute Gasteiger partial charge is 0.468 e. The van der Waals surface area contributed by atoms with Gasteiger partial charge in [-0.15, -0.1) is 0 Å². The van der Waals surface area contributed by atoms with Gasteiger partial charge in [0.05, 0.1) is 13.7 Å². The molecule has 0 saturated heterocycles.